The molecule has 6 N–H and O–H groups in total. The summed E-state index contributed by atoms with van der Waals surface area (Å²) in [6.07, 6.45) is 62.3. The molecule has 1 aliphatic rings. The molecule has 1 rings (SSSR count). The Bertz CT molecular complexity index is 1230. The first-order chi connectivity index (χ1) is 35.3. The van der Waals surface area contributed by atoms with Crippen molar-refractivity contribution in [2.24, 2.45) is 0 Å². The fourth-order valence-corrected chi connectivity index (χ4v) is 9.99. The van der Waals surface area contributed by atoms with Gasteiger partial charge in [0.1, 0.15) is 24.4 Å². The second-order valence-electron chi connectivity index (χ2n) is 21.8. The van der Waals surface area contributed by atoms with Crippen LogP contribution < -0.4 is 5.32 Å². The summed E-state index contributed by atoms with van der Waals surface area (Å²) in [4.78, 5) is 13.1. The molecule has 7 unspecified atom stereocenters. The number of allylic oxidation sites excluding steroid dienone is 5. The monoisotopic (exact) mass is 1020 g/mol. The maximum absolute atomic E-state index is 13.1. The molecule has 0 saturated carbocycles. The Morgan fingerprint density at radius 3 is 1.17 bits per heavy atom. The highest BCUT2D eigenvalue weighted by Gasteiger charge is 2.44. The Labute approximate surface area is 444 Å². The molecule has 1 fully saturated rings. The zero-order valence-electron chi connectivity index (χ0n) is 47.2. The van der Waals surface area contributed by atoms with E-state index in [1.165, 1.54) is 244 Å². The van der Waals surface area contributed by atoms with Crippen LogP contribution in [0.3, 0.4) is 0 Å². The van der Waals surface area contributed by atoms with Crippen molar-refractivity contribution in [3.63, 3.8) is 0 Å². The third-order valence-electron chi connectivity index (χ3n) is 14.9. The number of nitrogens with one attached hydrogen (secondary N) is 1. The molecule has 424 valence electrons. The highest BCUT2D eigenvalue weighted by Crippen LogP contribution is 2.23. The Kier molecular flexibility index (Phi) is 50.2. The maximum atomic E-state index is 13.1. The number of aliphatic hydroxyl groups excluding tert-OH is 5. The van der Waals surface area contributed by atoms with Crippen LogP contribution in [-0.2, 0) is 14.3 Å². The summed E-state index contributed by atoms with van der Waals surface area (Å²) in [6.45, 7) is 3.80. The molecular formula is C63H119NO8. The molecule has 0 aromatic heterocycles. The number of amides is 1. The molecule has 0 bridgehead atoms. The molecule has 0 spiro atoms. The normalized spacial score (nSPS) is 19.3. The minimum absolute atomic E-state index is 0.182. The number of hydrogen-bond acceptors (Lipinski definition) is 8. The lowest BCUT2D eigenvalue weighted by molar-refractivity contribution is -0.302. The molecule has 0 aromatic rings. The Hall–Kier alpha value is -1.59. The average molecular weight is 1020 g/mol. The van der Waals surface area contributed by atoms with Gasteiger partial charge in [0.15, 0.2) is 6.29 Å². The topological polar surface area (TPSA) is 149 Å². The smallest absolute Gasteiger partial charge is 0.220 e. The first-order valence-electron chi connectivity index (χ1n) is 31.2. The van der Waals surface area contributed by atoms with E-state index in [0.717, 1.165) is 38.5 Å². The predicted molar refractivity (Wildman–Crippen MR) is 304 cm³/mol. The quantitative estimate of drug-likeness (QED) is 0.0261. The SMILES string of the molecule is CCCCCCCCCC/C=C\CCCCCCCCCCCCCCCCCC(=O)NC(COC1OC(CO)C(O)C(O)C1O)C(O)/C=C/CC/C=C/CCCCCCCCCCCCCCCCCC. The van der Waals surface area contributed by atoms with E-state index in [9.17, 15) is 30.3 Å². The maximum Gasteiger partial charge on any atom is 0.220 e. The molecule has 1 heterocycles. The lowest BCUT2D eigenvalue weighted by Gasteiger charge is -2.40. The largest absolute Gasteiger partial charge is 0.394 e. The van der Waals surface area contributed by atoms with Gasteiger partial charge in [-0.15, -0.1) is 0 Å². The first kappa shape index (κ1) is 68.4. The van der Waals surface area contributed by atoms with Crippen LogP contribution in [0.5, 0.6) is 0 Å². The lowest BCUT2D eigenvalue weighted by Crippen LogP contribution is -2.60. The third-order valence-corrected chi connectivity index (χ3v) is 14.9. The molecule has 1 amide bonds. The van der Waals surface area contributed by atoms with Crippen molar-refractivity contribution in [3.05, 3.63) is 36.5 Å². The summed E-state index contributed by atoms with van der Waals surface area (Å²) >= 11 is 0. The number of ether oxygens (including phenoxy) is 2. The molecular weight excluding hydrogens is 899 g/mol. The number of carbonyl (C=O) groups excluding carboxylic acids is 1. The second-order valence-corrected chi connectivity index (χ2v) is 21.8. The Balaban J connectivity index is 2.20. The van der Waals surface area contributed by atoms with Gasteiger partial charge >= 0.3 is 0 Å². The summed E-state index contributed by atoms with van der Waals surface area (Å²) in [7, 11) is 0. The summed E-state index contributed by atoms with van der Waals surface area (Å²) in [5.41, 5.74) is 0. The van der Waals surface area contributed by atoms with Gasteiger partial charge in [-0.2, -0.15) is 0 Å². The van der Waals surface area contributed by atoms with Gasteiger partial charge in [0.25, 0.3) is 0 Å². The Morgan fingerprint density at radius 2 is 0.792 bits per heavy atom. The van der Waals surface area contributed by atoms with Crippen LogP contribution in [-0.4, -0.2) is 87.5 Å². The van der Waals surface area contributed by atoms with E-state index in [1.807, 2.05) is 6.08 Å². The minimum Gasteiger partial charge on any atom is -0.394 e. The molecule has 72 heavy (non-hydrogen) atoms. The van der Waals surface area contributed by atoms with Gasteiger partial charge in [0.2, 0.25) is 5.91 Å². The van der Waals surface area contributed by atoms with Crippen molar-refractivity contribution < 1.29 is 39.8 Å². The first-order valence-corrected chi connectivity index (χ1v) is 31.2. The van der Waals surface area contributed by atoms with Crippen molar-refractivity contribution in [1.82, 2.24) is 5.32 Å². The van der Waals surface area contributed by atoms with Crippen molar-refractivity contribution in [2.45, 2.75) is 346 Å². The average Bonchev–Trinajstić information content (AvgIpc) is 3.38. The summed E-state index contributed by atoms with van der Waals surface area (Å²) in [5, 5.41) is 54.6. The molecule has 9 nitrogen and oxygen atoms in total. The molecule has 9 heteroatoms. The van der Waals surface area contributed by atoms with Crippen LogP contribution in [0.1, 0.15) is 303 Å². The summed E-state index contributed by atoms with van der Waals surface area (Å²) < 4.78 is 11.3. The van der Waals surface area contributed by atoms with Gasteiger partial charge in [-0.1, -0.05) is 275 Å². The molecule has 7 atom stereocenters. The fourth-order valence-electron chi connectivity index (χ4n) is 9.99. The lowest BCUT2D eigenvalue weighted by atomic mass is 9.99. The van der Waals surface area contributed by atoms with Crippen molar-refractivity contribution in [3.8, 4) is 0 Å². The third kappa shape index (κ3) is 41.6. The standard InChI is InChI=1S/C63H119NO8/c1-3-5-7-9-11-13-15-17-19-21-23-25-27-28-29-30-31-33-35-37-39-41-43-45-47-49-51-53-59(67)64-56(55-71-63-62(70)61(69)60(68)58(54-65)72-63)57(66)52-50-48-46-44-42-40-38-36-34-32-26-24-22-20-18-16-14-12-10-8-6-4-2/h21,23,42,44,50,52,56-58,60-63,65-66,68-70H,3-20,22,24-41,43,45-49,51,53-55H2,1-2H3,(H,64,67)/b23-21-,44-42+,52-50+. The molecule has 0 radical (unpaired) electrons. The zero-order chi connectivity index (χ0) is 52.2. The van der Waals surface area contributed by atoms with Gasteiger partial charge in [-0.05, 0) is 57.8 Å². The minimum atomic E-state index is -1.57. The van der Waals surface area contributed by atoms with E-state index in [4.69, 9.17) is 9.47 Å². The van der Waals surface area contributed by atoms with Crippen LogP contribution >= 0.6 is 0 Å². The molecule has 0 aromatic carbocycles. The molecule has 1 saturated heterocycles. The number of unbranched alkanes of at least 4 members (excludes halogenated alkanes) is 40. The number of hydrogen-bond donors (Lipinski definition) is 6. The molecule has 0 aliphatic carbocycles. The molecule has 1 aliphatic heterocycles. The van der Waals surface area contributed by atoms with Crippen LogP contribution in [0.4, 0.5) is 0 Å². The van der Waals surface area contributed by atoms with E-state index in [-0.39, 0.29) is 12.5 Å². The van der Waals surface area contributed by atoms with E-state index in [1.54, 1.807) is 6.08 Å². The van der Waals surface area contributed by atoms with Crippen LogP contribution in [0, 0.1) is 0 Å². The van der Waals surface area contributed by atoms with E-state index >= 15 is 0 Å². The van der Waals surface area contributed by atoms with Crippen LogP contribution in [0.2, 0.25) is 0 Å². The van der Waals surface area contributed by atoms with Gasteiger partial charge in [-0.25, -0.2) is 0 Å². The Morgan fingerprint density at radius 1 is 0.458 bits per heavy atom. The highest BCUT2D eigenvalue weighted by molar-refractivity contribution is 5.76. The summed E-state index contributed by atoms with van der Waals surface area (Å²) in [5.74, 6) is -0.182. The number of rotatable bonds is 54. The van der Waals surface area contributed by atoms with E-state index in [2.05, 4.69) is 43.5 Å². The van der Waals surface area contributed by atoms with Crippen LogP contribution in [0.15, 0.2) is 36.5 Å². The van der Waals surface area contributed by atoms with Gasteiger partial charge in [0, 0.05) is 6.42 Å². The second kappa shape index (κ2) is 52.8. The van der Waals surface area contributed by atoms with Crippen molar-refractivity contribution >= 4 is 5.91 Å². The summed E-state index contributed by atoms with van der Waals surface area (Å²) in [6, 6.07) is -0.821. The fraction of sp³-hybridized carbons (Fsp3) is 0.889. The predicted octanol–water partition coefficient (Wildman–Crippen LogP) is 15.9. The zero-order valence-corrected chi connectivity index (χ0v) is 47.2. The van der Waals surface area contributed by atoms with Gasteiger partial charge < -0.3 is 40.3 Å². The van der Waals surface area contributed by atoms with Crippen LogP contribution in [0.25, 0.3) is 0 Å². The van der Waals surface area contributed by atoms with E-state index < -0.39 is 49.5 Å². The van der Waals surface area contributed by atoms with E-state index in [0.29, 0.717) is 6.42 Å². The number of aliphatic hydroxyl groups is 5. The van der Waals surface area contributed by atoms with Gasteiger partial charge in [-0.3, -0.25) is 4.79 Å². The highest BCUT2D eigenvalue weighted by atomic mass is 16.7. The van der Waals surface area contributed by atoms with Gasteiger partial charge in [0.05, 0.1) is 25.4 Å². The van der Waals surface area contributed by atoms with Crippen molar-refractivity contribution in [1.29, 1.82) is 0 Å². The van der Waals surface area contributed by atoms with Crippen molar-refractivity contribution in [2.75, 3.05) is 13.2 Å². The number of carbonyl (C=O) groups is 1.